The molecule has 0 saturated heterocycles. The SMILES string of the molecule is COc1ccc(C2CC(c3ccc(NNS(=O)(=O)c4ccccc4)cc3)=NN2C(C)=O)cc1. The molecule has 1 aliphatic heterocycles. The molecule has 0 aromatic heterocycles. The van der Waals surface area contributed by atoms with E-state index in [4.69, 9.17) is 4.74 Å². The molecule has 1 atom stereocenters. The van der Waals surface area contributed by atoms with Crippen molar-refractivity contribution in [2.24, 2.45) is 5.10 Å². The number of benzene rings is 3. The fourth-order valence-corrected chi connectivity index (χ4v) is 4.48. The molecule has 0 aliphatic carbocycles. The van der Waals surface area contributed by atoms with Crippen molar-refractivity contribution in [2.75, 3.05) is 12.5 Å². The first-order chi connectivity index (χ1) is 15.9. The van der Waals surface area contributed by atoms with Crippen LogP contribution in [0.15, 0.2) is 88.9 Å². The average molecular weight is 465 g/mol. The highest BCUT2D eigenvalue weighted by atomic mass is 32.2. The van der Waals surface area contributed by atoms with Crippen molar-refractivity contribution in [3.05, 3.63) is 90.0 Å². The molecule has 4 rings (SSSR count). The zero-order valence-corrected chi connectivity index (χ0v) is 19.0. The Morgan fingerprint density at radius 3 is 2.27 bits per heavy atom. The molecular weight excluding hydrogens is 440 g/mol. The molecule has 1 aliphatic rings. The Kier molecular flexibility index (Phi) is 6.43. The second kappa shape index (κ2) is 9.43. The molecule has 0 radical (unpaired) electrons. The maximum atomic E-state index is 12.4. The zero-order chi connectivity index (χ0) is 23.4. The van der Waals surface area contributed by atoms with Gasteiger partial charge in [-0.25, -0.2) is 13.4 Å². The van der Waals surface area contributed by atoms with E-state index >= 15 is 0 Å². The van der Waals surface area contributed by atoms with E-state index in [0.717, 1.165) is 22.6 Å². The summed E-state index contributed by atoms with van der Waals surface area (Å²) in [6, 6.07) is 22.7. The van der Waals surface area contributed by atoms with Gasteiger partial charge in [0.2, 0.25) is 5.91 Å². The predicted molar refractivity (Wildman–Crippen MR) is 126 cm³/mol. The van der Waals surface area contributed by atoms with E-state index in [0.29, 0.717) is 12.1 Å². The van der Waals surface area contributed by atoms with Crippen LogP contribution in [0.3, 0.4) is 0 Å². The molecule has 0 saturated carbocycles. The third kappa shape index (κ3) is 5.05. The van der Waals surface area contributed by atoms with Crippen LogP contribution in [0.4, 0.5) is 5.69 Å². The number of amides is 1. The van der Waals surface area contributed by atoms with Gasteiger partial charge in [-0.1, -0.05) is 42.5 Å². The topological polar surface area (TPSA) is 100 Å². The molecule has 1 heterocycles. The molecule has 1 unspecified atom stereocenters. The number of hydrogen-bond acceptors (Lipinski definition) is 6. The molecule has 9 heteroatoms. The number of hydrogen-bond donors (Lipinski definition) is 2. The van der Waals surface area contributed by atoms with Crippen molar-refractivity contribution < 1.29 is 17.9 Å². The maximum absolute atomic E-state index is 12.4. The normalized spacial score (nSPS) is 15.8. The lowest BCUT2D eigenvalue weighted by Crippen LogP contribution is -2.29. The van der Waals surface area contributed by atoms with Crippen molar-refractivity contribution in [3.63, 3.8) is 0 Å². The van der Waals surface area contributed by atoms with Crippen molar-refractivity contribution >= 4 is 27.3 Å². The molecule has 0 spiro atoms. The monoisotopic (exact) mass is 464 g/mol. The van der Waals surface area contributed by atoms with Gasteiger partial charge in [0.05, 0.1) is 23.8 Å². The van der Waals surface area contributed by atoms with E-state index < -0.39 is 10.0 Å². The lowest BCUT2D eigenvalue weighted by atomic mass is 9.98. The first kappa shape index (κ1) is 22.5. The molecule has 3 aromatic rings. The minimum absolute atomic E-state index is 0.139. The van der Waals surface area contributed by atoms with Crippen molar-refractivity contribution in [2.45, 2.75) is 24.3 Å². The largest absolute Gasteiger partial charge is 0.497 e. The van der Waals surface area contributed by atoms with Gasteiger partial charge in [0.25, 0.3) is 10.0 Å². The van der Waals surface area contributed by atoms with Gasteiger partial charge in [0, 0.05) is 19.0 Å². The van der Waals surface area contributed by atoms with Gasteiger partial charge in [0.1, 0.15) is 5.75 Å². The van der Waals surface area contributed by atoms with E-state index in [-0.39, 0.29) is 16.8 Å². The Morgan fingerprint density at radius 2 is 1.67 bits per heavy atom. The minimum atomic E-state index is -3.68. The molecular formula is C24H24N4O4S. The van der Waals surface area contributed by atoms with E-state index in [1.165, 1.54) is 24.1 Å². The third-order valence-corrected chi connectivity index (χ3v) is 6.60. The summed E-state index contributed by atoms with van der Waals surface area (Å²) >= 11 is 0. The first-order valence-corrected chi connectivity index (χ1v) is 11.8. The highest BCUT2D eigenvalue weighted by molar-refractivity contribution is 7.89. The summed E-state index contributed by atoms with van der Waals surface area (Å²) in [5, 5.41) is 6.05. The van der Waals surface area contributed by atoms with Crippen LogP contribution in [0.5, 0.6) is 5.75 Å². The third-order valence-electron chi connectivity index (χ3n) is 5.33. The van der Waals surface area contributed by atoms with E-state index in [9.17, 15) is 13.2 Å². The smallest absolute Gasteiger partial charge is 0.257 e. The number of ether oxygens (including phenoxy) is 1. The number of carbonyl (C=O) groups is 1. The van der Waals surface area contributed by atoms with Gasteiger partial charge in [-0.2, -0.15) is 5.10 Å². The van der Waals surface area contributed by atoms with Crippen molar-refractivity contribution in [3.8, 4) is 5.75 Å². The standard InChI is InChI=1S/C24H24N4O4S/c1-17(29)28-24(19-10-14-21(32-2)15-11-19)16-23(26-28)18-8-12-20(13-9-18)25-27-33(30,31)22-6-4-3-5-7-22/h3-15,24-25,27H,16H2,1-2H3. The molecule has 3 aromatic carbocycles. The summed E-state index contributed by atoms with van der Waals surface area (Å²) in [6.07, 6.45) is 0.569. The summed E-state index contributed by atoms with van der Waals surface area (Å²) in [5.41, 5.74) is 5.90. The Morgan fingerprint density at radius 1 is 1.00 bits per heavy atom. The van der Waals surface area contributed by atoms with E-state index in [1.807, 2.05) is 36.4 Å². The van der Waals surface area contributed by atoms with Crippen LogP contribution in [0.1, 0.15) is 30.5 Å². The molecule has 0 bridgehead atoms. The van der Waals surface area contributed by atoms with Crippen LogP contribution in [0.25, 0.3) is 0 Å². The minimum Gasteiger partial charge on any atom is -0.497 e. The molecule has 0 fully saturated rings. The maximum Gasteiger partial charge on any atom is 0.257 e. The fraction of sp³-hybridized carbons (Fsp3) is 0.167. The summed E-state index contributed by atoms with van der Waals surface area (Å²) < 4.78 is 29.9. The van der Waals surface area contributed by atoms with Gasteiger partial charge in [-0.3, -0.25) is 4.79 Å². The summed E-state index contributed by atoms with van der Waals surface area (Å²) in [6.45, 7) is 1.49. The summed E-state index contributed by atoms with van der Waals surface area (Å²) in [7, 11) is -2.07. The summed E-state index contributed by atoms with van der Waals surface area (Å²) in [4.78, 5) is 14.7. The molecule has 33 heavy (non-hydrogen) atoms. The number of carbonyl (C=O) groups excluding carboxylic acids is 1. The number of hydrazone groups is 1. The second-order valence-electron chi connectivity index (χ2n) is 7.52. The molecule has 8 nitrogen and oxygen atoms in total. The lowest BCUT2D eigenvalue weighted by Gasteiger charge is -2.20. The fourth-order valence-electron chi connectivity index (χ4n) is 3.59. The van der Waals surface area contributed by atoms with Crippen LogP contribution >= 0.6 is 0 Å². The Hall–Kier alpha value is -3.69. The number of rotatable bonds is 7. The van der Waals surface area contributed by atoms with Gasteiger partial charge >= 0.3 is 0 Å². The predicted octanol–water partition coefficient (Wildman–Crippen LogP) is 3.70. The van der Waals surface area contributed by atoms with Crippen LogP contribution in [0, 0.1) is 0 Å². The van der Waals surface area contributed by atoms with E-state index in [2.05, 4.69) is 15.4 Å². The zero-order valence-electron chi connectivity index (χ0n) is 18.2. The summed E-state index contributed by atoms with van der Waals surface area (Å²) in [5.74, 6) is 0.609. The van der Waals surface area contributed by atoms with Gasteiger partial charge in [-0.15, -0.1) is 4.83 Å². The Bertz CT molecular complexity index is 1260. The van der Waals surface area contributed by atoms with Crippen molar-refractivity contribution in [1.82, 2.24) is 9.84 Å². The second-order valence-corrected chi connectivity index (χ2v) is 9.21. The molecule has 2 N–H and O–H groups in total. The van der Waals surface area contributed by atoms with Crippen LogP contribution < -0.4 is 15.0 Å². The van der Waals surface area contributed by atoms with Crippen LogP contribution in [-0.4, -0.2) is 32.2 Å². The first-order valence-electron chi connectivity index (χ1n) is 10.3. The number of methoxy groups -OCH3 is 1. The van der Waals surface area contributed by atoms with Gasteiger partial charge in [-0.05, 0) is 47.5 Å². The average Bonchev–Trinajstić information content (AvgIpc) is 3.30. The lowest BCUT2D eigenvalue weighted by molar-refractivity contribution is -0.130. The number of nitrogens with one attached hydrogen (secondary N) is 2. The Labute approximate surface area is 192 Å². The van der Waals surface area contributed by atoms with Gasteiger partial charge < -0.3 is 10.2 Å². The Balaban J connectivity index is 1.46. The number of sulfonamides is 1. The number of hydrazine groups is 1. The number of anilines is 1. The molecule has 1 amide bonds. The quantitative estimate of drug-likeness (QED) is 0.520. The van der Waals surface area contributed by atoms with Crippen LogP contribution in [0.2, 0.25) is 0 Å². The van der Waals surface area contributed by atoms with Crippen LogP contribution in [-0.2, 0) is 14.8 Å². The number of nitrogens with zero attached hydrogens (tertiary/aromatic N) is 2. The van der Waals surface area contributed by atoms with Crippen molar-refractivity contribution in [1.29, 1.82) is 0 Å². The highest BCUT2D eigenvalue weighted by Gasteiger charge is 2.31. The van der Waals surface area contributed by atoms with Gasteiger partial charge in [0.15, 0.2) is 0 Å². The molecule has 170 valence electrons. The van der Waals surface area contributed by atoms with E-state index in [1.54, 1.807) is 37.4 Å². The highest BCUT2D eigenvalue weighted by Crippen LogP contribution is 2.33.